The Morgan fingerprint density at radius 2 is 2.25 bits per heavy atom. The smallest absolute Gasteiger partial charge is 0.119 e. The van der Waals surface area contributed by atoms with E-state index < -0.39 is 0 Å². The SMILES string of the molecule is COCCOc1cccc(CN2CCC(C(C)O)C2)c1. The van der Waals surface area contributed by atoms with Crippen LogP contribution in [0.2, 0.25) is 0 Å². The van der Waals surface area contributed by atoms with Crippen LogP contribution in [0.5, 0.6) is 5.75 Å². The maximum atomic E-state index is 9.64. The summed E-state index contributed by atoms with van der Waals surface area (Å²) in [5.74, 6) is 1.31. The normalized spacial score (nSPS) is 21.1. The highest BCUT2D eigenvalue weighted by atomic mass is 16.5. The Morgan fingerprint density at radius 1 is 1.40 bits per heavy atom. The topological polar surface area (TPSA) is 41.9 Å². The van der Waals surface area contributed by atoms with Crippen LogP contribution in [0.25, 0.3) is 0 Å². The number of aliphatic hydroxyl groups excluding tert-OH is 1. The van der Waals surface area contributed by atoms with Crippen molar-refractivity contribution in [1.82, 2.24) is 4.90 Å². The van der Waals surface area contributed by atoms with E-state index in [2.05, 4.69) is 17.0 Å². The lowest BCUT2D eigenvalue weighted by Gasteiger charge is -2.17. The summed E-state index contributed by atoms with van der Waals surface area (Å²) in [5.41, 5.74) is 1.26. The lowest BCUT2D eigenvalue weighted by atomic mass is 10.0. The fourth-order valence-electron chi connectivity index (χ4n) is 2.63. The molecule has 1 aromatic carbocycles. The summed E-state index contributed by atoms with van der Waals surface area (Å²) in [4.78, 5) is 2.39. The van der Waals surface area contributed by atoms with Crippen molar-refractivity contribution in [2.24, 2.45) is 5.92 Å². The van der Waals surface area contributed by atoms with Gasteiger partial charge >= 0.3 is 0 Å². The average Bonchev–Trinajstić information content (AvgIpc) is 2.88. The summed E-state index contributed by atoms with van der Waals surface area (Å²) in [6.45, 7) is 6.03. The summed E-state index contributed by atoms with van der Waals surface area (Å²) < 4.78 is 10.6. The van der Waals surface area contributed by atoms with Crippen molar-refractivity contribution in [2.45, 2.75) is 26.0 Å². The molecule has 20 heavy (non-hydrogen) atoms. The molecule has 4 nitrogen and oxygen atoms in total. The molecule has 2 unspecified atom stereocenters. The van der Waals surface area contributed by atoms with Crippen molar-refractivity contribution in [3.63, 3.8) is 0 Å². The molecule has 0 bridgehead atoms. The molecule has 1 heterocycles. The zero-order valence-electron chi connectivity index (χ0n) is 12.4. The first kappa shape index (κ1) is 15.3. The Bertz CT molecular complexity index is 408. The van der Waals surface area contributed by atoms with Crippen LogP contribution >= 0.6 is 0 Å². The molecule has 1 aliphatic rings. The largest absolute Gasteiger partial charge is 0.491 e. The van der Waals surface area contributed by atoms with E-state index in [-0.39, 0.29) is 6.10 Å². The highest BCUT2D eigenvalue weighted by molar-refractivity contribution is 5.28. The second-order valence-corrected chi connectivity index (χ2v) is 5.51. The van der Waals surface area contributed by atoms with Gasteiger partial charge in [-0.15, -0.1) is 0 Å². The number of ether oxygens (including phenoxy) is 2. The van der Waals surface area contributed by atoms with E-state index in [9.17, 15) is 5.11 Å². The molecular weight excluding hydrogens is 254 g/mol. The summed E-state index contributed by atoms with van der Waals surface area (Å²) in [6, 6.07) is 8.21. The molecule has 2 rings (SSSR count). The van der Waals surface area contributed by atoms with Crippen LogP contribution in [-0.4, -0.2) is 49.5 Å². The van der Waals surface area contributed by atoms with Gasteiger partial charge in [0.15, 0.2) is 0 Å². The minimum Gasteiger partial charge on any atom is -0.491 e. The summed E-state index contributed by atoms with van der Waals surface area (Å²) in [5, 5.41) is 9.64. The number of benzene rings is 1. The second-order valence-electron chi connectivity index (χ2n) is 5.51. The number of hydrogen-bond acceptors (Lipinski definition) is 4. The molecule has 0 amide bonds. The lowest BCUT2D eigenvalue weighted by molar-refractivity contribution is 0.127. The van der Waals surface area contributed by atoms with Gasteiger partial charge in [0.05, 0.1) is 12.7 Å². The van der Waals surface area contributed by atoms with Gasteiger partial charge in [-0.1, -0.05) is 12.1 Å². The molecule has 0 spiro atoms. The Hall–Kier alpha value is -1.10. The molecule has 1 fully saturated rings. The monoisotopic (exact) mass is 279 g/mol. The van der Waals surface area contributed by atoms with E-state index in [0.717, 1.165) is 31.8 Å². The molecule has 0 saturated carbocycles. The van der Waals surface area contributed by atoms with Crippen LogP contribution in [-0.2, 0) is 11.3 Å². The van der Waals surface area contributed by atoms with Crippen LogP contribution in [0.1, 0.15) is 18.9 Å². The van der Waals surface area contributed by atoms with Gasteiger partial charge in [-0.3, -0.25) is 4.90 Å². The Kier molecular flexibility index (Phi) is 5.83. The summed E-state index contributed by atoms with van der Waals surface area (Å²) in [6.07, 6.45) is 0.880. The van der Waals surface area contributed by atoms with Crippen molar-refractivity contribution in [1.29, 1.82) is 0 Å². The average molecular weight is 279 g/mol. The van der Waals surface area contributed by atoms with E-state index in [1.807, 2.05) is 19.1 Å². The molecule has 1 saturated heterocycles. The number of methoxy groups -OCH3 is 1. The molecule has 2 atom stereocenters. The van der Waals surface area contributed by atoms with Crippen LogP contribution in [0, 0.1) is 5.92 Å². The molecule has 4 heteroatoms. The number of likely N-dealkylation sites (tertiary alicyclic amines) is 1. The lowest BCUT2D eigenvalue weighted by Crippen LogP contribution is -2.23. The van der Waals surface area contributed by atoms with Gasteiger partial charge in [0, 0.05) is 20.2 Å². The first-order valence-corrected chi connectivity index (χ1v) is 7.30. The van der Waals surface area contributed by atoms with Gasteiger partial charge in [0.25, 0.3) is 0 Å². The molecule has 0 aliphatic carbocycles. The number of hydrogen-bond donors (Lipinski definition) is 1. The van der Waals surface area contributed by atoms with Crippen LogP contribution in [0.4, 0.5) is 0 Å². The van der Waals surface area contributed by atoms with Crippen molar-refractivity contribution in [2.75, 3.05) is 33.4 Å². The van der Waals surface area contributed by atoms with Gasteiger partial charge in [0.1, 0.15) is 12.4 Å². The molecule has 1 aromatic rings. The third kappa shape index (κ3) is 4.47. The molecular formula is C16H25NO3. The van der Waals surface area contributed by atoms with E-state index >= 15 is 0 Å². The third-order valence-electron chi connectivity index (χ3n) is 3.85. The maximum Gasteiger partial charge on any atom is 0.119 e. The van der Waals surface area contributed by atoms with Gasteiger partial charge < -0.3 is 14.6 Å². The van der Waals surface area contributed by atoms with Gasteiger partial charge in [-0.25, -0.2) is 0 Å². The molecule has 1 N–H and O–H groups in total. The van der Waals surface area contributed by atoms with E-state index in [4.69, 9.17) is 9.47 Å². The van der Waals surface area contributed by atoms with Gasteiger partial charge in [-0.2, -0.15) is 0 Å². The Balaban J connectivity index is 1.85. The molecule has 0 aromatic heterocycles. The quantitative estimate of drug-likeness (QED) is 0.774. The number of nitrogens with zero attached hydrogens (tertiary/aromatic N) is 1. The predicted octanol–water partition coefficient (Wildman–Crippen LogP) is 1.91. The zero-order chi connectivity index (χ0) is 14.4. The summed E-state index contributed by atoms with van der Waals surface area (Å²) >= 11 is 0. The molecule has 0 radical (unpaired) electrons. The van der Waals surface area contributed by atoms with Crippen LogP contribution in [0.15, 0.2) is 24.3 Å². The first-order chi connectivity index (χ1) is 9.69. The Labute approximate surface area is 121 Å². The number of rotatable bonds is 7. The zero-order valence-corrected chi connectivity index (χ0v) is 12.4. The van der Waals surface area contributed by atoms with Crippen molar-refractivity contribution < 1.29 is 14.6 Å². The standard InChI is InChI=1S/C16H25NO3/c1-13(18)15-6-7-17(12-15)11-14-4-3-5-16(10-14)20-9-8-19-2/h3-5,10,13,15,18H,6-9,11-12H2,1-2H3. The van der Waals surface area contributed by atoms with E-state index in [0.29, 0.717) is 19.1 Å². The molecule has 1 aliphatic heterocycles. The van der Waals surface area contributed by atoms with Crippen LogP contribution in [0.3, 0.4) is 0 Å². The van der Waals surface area contributed by atoms with Gasteiger partial charge in [-0.05, 0) is 43.5 Å². The van der Waals surface area contributed by atoms with E-state index in [1.165, 1.54) is 5.56 Å². The number of aliphatic hydroxyl groups is 1. The highest BCUT2D eigenvalue weighted by Gasteiger charge is 2.25. The minimum absolute atomic E-state index is 0.205. The first-order valence-electron chi connectivity index (χ1n) is 7.30. The minimum atomic E-state index is -0.205. The highest BCUT2D eigenvalue weighted by Crippen LogP contribution is 2.22. The Morgan fingerprint density at radius 3 is 2.95 bits per heavy atom. The summed E-state index contributed by atoms with van der Waals surface area (Å²) in [7, 11) is 1.67. The van der Waals surface area contributed by atoms with Gasteiger partial charge in [0.2, 0.25) is 0 Å². The van der Waals surface area contributed by atoms with E-state index in [1.54, 1.807) is 7.11 Å². The second kappa shape index (κ2) is 7.62. The maximum absolute atomic E-state index is 9.64. The fourth-order valence-corrected chi connectivity index (χ4v) is 2.63. The fraction of sp³-hybridized carbons (Fsp3) is 0.625. The van der Waals surface area contributed by atoms with Crippen molar-refractivity contribution >= 4 is 0 Å². The predicted molar refractivity (Wildman–Crippen MR) is 78.9 cm³/mol. The third-order valence-corrected chi connectivity index (χ3v) is 3.85. The van der Waals surface area contributed by atoms with Crippen molar-refractivity contribution in [3.8, 4) is 5.75 Å². The molecule has 112 valence electrons. The van der Waals surface area contributed by atoms with Crippen molar-refractivity contribution in [3.05, 3.63) is 29.8 Å². The van der Waals surface area contributed by atoms with Crippen LogP contribution < -0.4 is 4.74 Å².